The average molecular weight is 551 g/mol. The number of isothiocyanates is 1. The summed E-state index contributed by atoms with van der Waals surface area (Å²) in [7, 11) is 0. The second kappa shape index (κ2) is 17.7. The molecule has 0 bridgehead atoms. The smallest absolute Gasteiger partial charge is 0.317 e. The van der Waals surface area contributed by atoms with Crippen LogP contribution in [0.3, 0.4) is 0 Å². The first kappa shape index (κ1) is 31.4. The van der Waals surface area contributed by atoms with E-state index >= 15 is 0 Å². The minimum Gasteiger partial charge on any atom is -0.480 e. The van der Waals surface area contributed by atoms with Crippen molar-refractivity contribution in [2.45, 2.75) is 6.42 Å². The molecule has 1 unspecified atom stereocenters. The van der Waals surface area contributed by atoms with Crippen molar-refractivity contribution in [1.82, 2.24) is 25.3 Å². The van der Waals surface area contributed by atoms with E-state index in [9.17, 15) is 29.7 Å². The number of rotatable bonds is 9. The van der Waals surface area contributed by atoms with Crippen LogP contribution in [0.5, 0.6) is 0 Å². The summed E-state index contributed by atoms with van der Waals surface area (Å²) in [6.45, 7) is 4.86. The largest absolute Gasteiger partial charge is 0.480 e. The monoisotopic (exact) mass is 550 g/mol. The Morgan fingerprint density at radius 1 is 0.789 bits per heavy atom. The zero-order valence-electron chi connectivity index (χ0n) is 21.5. The van der Waals surface area contributed by atoms with Crippen molar-refractivity contribution in [3.63, 3.8) is 0 Å². The van der Waals surface area contributed by atoms with Crippen molar-refractivity contribution in [3.8, 4) is 0 Å². The van der Waals surface area contributed by atoms with E-state index in [4.69, 9.17) is 0 Å². The Morgan fingerprint density at radius 3 is 1.79 bits per heavy atom. The Kier molecular flexibility index (Phi) is 14.6. The lowest BCUT2D eigenvalue weighted by Crippen LogP contribution is -2.47. The van der Waals surface area contributed by atoms with Crippen LogP contribution in [0.4, 0.5) is 5.69 Å². The number of aliphatic imine (C=N–C) groups is 1. The number of carboxylic acid groups (broad SMARTS) is 3. The van der Waals surface area contributed by atoms with E-state index in [2.05, 4.69) is 33.0 Å². The summed E-state index contributed by atoms with van der Waals surface area (Å²) < 4.78 is 0. The molecule has 12 nitrogen and oxygen atoms in total. The van der Waals surface area contributed by atoms with Crippen LogP contribution in [-0.4, -0.2) is 138 Å². The summed E-state index contributed by atoms with van der Waals surface area (Å²) in [6, 6.07) is 7.51. The lowest BCUT2D eigenvalue weighted by Gasteiger charge is -2.32. The second-order valence-electron chi connectivity index (χ2n) is 9.37. The second-order valence-corrected chi connectivity index (χ2v) is 9.55. The fraction of sp³-hybridized carbons (Fsp3) is 0.600. The standard InChI is InChI=1S/C25H38N6O6S/c32-23(33)16-29-9-7-26-5-6-27-8-10-30(17-24(34)35)14-21(15-31(12-11-29)18-25(36)37)13-20-1-3-22(4-2-20)28-19-38/h1-4,21,26-27H,5-18H2,(H,32,33)(H,34,35)(H,36,37). The van der Waals surface area contributed by atoms with Crippen LogP contribution in [-0.2, 0) is 20.8 Å². The van der Waals surface area contributed by atoms with Gasteiger partial charge >= 0.3 is 17.9 Å². The molecule has 13 heteroatoms. The van der Waals surface area contributed by atoms with Gasteiger partial charge in [0.15, 0.2) is 0 Å². The molecule has 5 N–H and O–H groups in total. The highest BCUT2D eigenvalue weighted by molar-refractivity contribution is 7.78. The van der Waals surface area contributed by atoms with Gasteiger partial charge in [0.1, 0.15) is 0 Å². The van der Waals surface area contributed by atoms with E-state index in [-0.39, 0.29) is 25.6 Å². The van der Waals surface area contributed by atoms with E-state index < -0.39 is 17.9 Å². The van der Waals surface area contributed by atoms with Crippen LogP contribution in [0.15, 0.2) is 29.3 Å². The molecule has 1 fully saturated rings. The Morgan fingerprint density at radius 2 is 1.26 bits per heavy atom. The number of hydrogen-bond acceptors (Lipinski definition) is 10. The van der Waals surface area contributed by atoms with Gasteiger partial charge in [-0.25, -0.2) is 0 Å². The van der Waals surface area contributed by atoms with Gasteiger partial charge < -0.3 is 26.0 Å². The molecular weight excluding hydrogens is 512 g/mol. The number of benzene rings is 1. The van der Waals surface area contributed by atoms with Crippen molar-refractivity contribution in [2.24, 2.45) is 10.9 Å². The predicted octanol–water partition coefficient (Wildman–Crippen LogP) is -0.0678. The summed E-state index contributed by atoms with van der Waals surface area (Å²) in [6.07, 6.45) is 0.601. The van der Waals surface area contributed by atoms with Crippen LogP contribution >= 0.6 is 12.2 Å². The number of aliphatic carboxylic acids is 3. The number of nitrogens with zero attached hydrogens (tertiary/aromatic N) is 4. The van der Waals surface area contributed by atoms with Crippen molar-refractivity contribution >= 4 is 41.0 Å². The minimum atomic E-state index is -0.974. The summed E-state index contributed by atoms with van der Waals surface area (Å²) in [5.74, 6) is -2.90. The van der Waals surface area contributed by atoms with Crippen LogP contribution in [0.25, 0.3) is 0 Å². The maximum Gasteiger partial charge on any atom is 0.317 e. The third kappa shape index (κ3) is 13.7. The molecule has 0 amide bonds. The highest BCUT2D eigenvalue weighted by Gasteiger charge is 2.22. The molecule has 0 spiro atoms. The first-order chi connectivity index (χ1) is 18.2. The molecule has 38 heavy (non-hydrogen) atoms. The Balaban J connectivity index is 2.28. The number of nitrogens with one attached hydrogen (secondary N) is 2. The lowest BCUT2D eigenvalue weighted by atomic mass is 9.97. The van der Waals surface area contributed by atoms with Crippen LogP contribution in [0.2, 0.25) is 0 Å². The van der Waals surface area contributed by atoms with Gasteiger partial charge in [0.2, 0.25) is 0 Å². The summed E-state index contributed by atoms with van der Waals surface area (Å²) in [4.78, 5) is 44.1. The van der Waals surface area contributed by atoms with Gasteiger partial charge in [-0.3, -0.25) is 29.1 Å². The van der Waals surface area contributed by atoms with Gasteiger partial charge in [0, 0.05) is 65.4 Å². The molecule has 210 valence electrons. The quantitative estimate of drug-likeness (QED) is 0.206. The number of carbonyl (C=O) groups is 3. The fourth-order valence-electron chi connectivity index (χ4n) is 4.51. The molecule has 1 atom stereocenters. The van der Waals surface area contributed by atoms with E-state index in [1.807, 2.05) is 34.1 Å². The molecule has 1 aromatic carbocycles. The Bertz CT molecular complexity index is 943. The topological polar surface area (TPSA) is 158 Å². The maximum atomic E-state index is 11.7. The van der Waals surface area contributed by atoms with Crippen LogP contribution < -0.4 is 10.6 Å². The van der Waals surface area contributed by atoms with Gasteiger partial charge in [-0.2, -0.15) is 4.99 Å². The maximum absolute atomic E-state index is 11.7. The molecule has 1 aliphatic heterocycles. The molecule has 1 saturated heterocycles. The Hall–Kier alpha value is -2.77. The van der Waals surface area contributed by atoms with Gasteiger partial charge in [-0.15, -0.1) is 0 Å². The van der Waals surface area contributed by atoms with Crippen molar-refractivity contribution in [3.05, 3.63) is 29.8 Å². The molecule has 2 rings (SSSR count). The summed E-state index contributed by atoms with van der Waals surface area (Å²) in [5.41, 5.74) is 1.69. The summed E-state index contributed by atoms with van der Waals surface area (Å²) in [5, 5.41) is 37.3. The highest BCUT2D eigenvalue weighted by atomic mass is 32.1. The van der Waals surface area contributed by atoms with E-state index in [0.29, 0.717) is 77.6 Å². The molecule has 1 heterocycles. The fourth-order valence-corrected chi connectivity index (χ4v) is 4.61. The Labute approximate surface area is 228 Å². The molecule has 0 radical (unpaired) electrons. The normalized spacial score (nSPS) is 19.8. The minimum absolute atomic E-state index is 0.0731. The molecule has 0 aliphatic carbocycles. The lowest BCUT2D eigenvalue weighted by molar-refractivity contribution is -0.140. The number of hydrogen-bond donors (Lipinski definition) is 5. The average Bonchev–Trinajstić information content (AvgIpc) is 2.83. The number of thiocarbonyl (C=S) groups is 1. The van der Waals surface area contributed by atoms with Gasteiger partial charge in [-0.1, -0.05) is 12.1 Å². The summed E-state index contributed by atoms with van der Waals surface area (Å²) >= 11 is 4.66. The first-order valence-electron chi connectivity index (χ1n) is 12.7. The molecule has 1 aliphatic rings. The highest BCUT2D eigenvalue weighted by Crippen LogP contribution is 2.17. The van der Waals surface area contributed by atoms with E-state index in [1.54, 1.807) is 4.90 Å². The van der Waals surface area contributed by atoms with Crippen molar-refractivity contribution in [2.75, 3.05) is 85.1 Å². The molecule has 1 aromatic rings. The van der Waals surface area contributed by atoms with Gasteiger partial charge in [0.05, 0.1) is 30.5 Å². The first-order valence-corrected chi connectivity index (χ1v) is 13.1. The molecular formula is C25H38N6O6S. The molecule has 0 aromatic heterocycles. The third-order valence-electron chi connectivity index (χ3n) is 6.17. The molecule has 0 saturated carbocycles. The SMILES string of the molecule is O=C(O)CN1CCNCCNCCN(CC(=O)O)CC(Cc2ccc(N=C=S)cc2)CN(CC(=O)O)CC1. The zero-order valence-corrected chi connectivity index (χ0v) is 22.4. The van der Waals surface area contributed by atoms with Gasteiger partial charge in [-0.05, 0) is 42.3 Å². The van der Waals surface area contributed by atoms with E-state index in [1.165, 1.54) is 0 Å². The third-order valence-corrected chi connectivity index (χ3v) is 6.26. The number of carboxylic acids is 3. The van der Waals surface area contributed by atoms with E-state index in [0.717, 1.165) is 5.56 Å². The van der Waals surface area contributed by atoms with Gasteiger partial charge in [0.25, 0.3) is 0 Å². The van der Waals surface area contributed by atoms with Crippen molar-refractivity contribution < 1.29 is 29.7 Å². The van der Waals surface area contributed by atoms with Crippen molar-refractivity contribution in [1.29, 1.82) is 0 Å². The zero-order chi connectivity index (χ0) is 27.8. The predicted molar refractivity (Wildman–Crippen MR) is 146 cm³/mol. The van der Waals surface area contributed by atoms with Crippen LogP contribution in [0.1, 0.15) is 5.56 Å². The van der Waals surface area contributed by atoms with Crippen LogP contribution in [0, 0.1) is 5.92 Å².